The summed E-state index contributed by atoms with van der Waals surface area (Å²) in [5.41, 5.74) is 9.08. The first kappa shape index (κ1) is 10.7. The van der Waals surface area contributed by atoms with Gasteiger partial charge in [-0.3, -0.25) is 0 Å². The van der Waals surface area contributed by atoms with Gasteiger partial charge in [0.25, 0.3) is 0 Å². The van der Waals surface area contributed by atoms with Crippen molar-refractivity contribution in [2.24, 2.45) is 5.73 Å². The van der Waals surface area contributed by atoms with Crippen LogP contribution in [0.15, 0.2) is 24.3 Å². The van der Waals surface area contributed by atoms with E-state index in [1.165, 1.54) is 11.1 Å². The van der Waals surface area contributed by atoms with Crippen molar-refractivity contribution in [1.29, 1.82) is 0 Å². The van der Waals surface area contributed by atoms with Gasteiger partial charge in [-0.2, -0.15) is 0 Å². The van der Waals surface area contributed by atoms with Crippen molar-refractivity contribution < 1.29 is 0 Å². The molecule has 1 fully saturated rings. The lowest BCUT2D eigenvalue weighted by molar-refractivity contribution is 0.245. The molecule has 1 unspecified atom stereocenters. The van der Waals surface area contributed by atoms with Crippen LogP contribution in [0.4, 0.5) is 0 Å². The Balaban J connectivity index is 2.37. The zero-order valence-corrected chi connectivity index (χ0v) is 9.83. The average molecular weight is 204 g/mol. The minimum Gasteiger partial charge on any atom is -0.323 e. The van der Waals surface area contributed by atoms with E-state index in [0.29, 0.717) is 6.04 Å². The monoisotopic (exact) mass is 204 g/mol. The van der Waals surface area contributed by atoms with E-state index in [2.05, 4.69) is 50.2 Å². The van der Waals surface area contributed by atoms with Gasteiger partial charge in [0.15, 0.2) is 0 Å². The van der Waals surface area contributed by atoms with Crippen LogP contribution in [0.5, 0.6) is 0 Å². The number of nitrogens with two attached hydrogens (primary N) is 1. The SMILES string of the molecule is Cc1ccccc1C(N(C)C)C1(N)CC1. The highest BCUT2D eigenvalue weighted by Crippen LogP contribution is 2.46. The summed E-state index contributed by atoms with van der Waals surface area (Å²) in [6, 6.07) is 8.91. The molecule has 0 bridgehead atoms. The molecule has 0 heterocycles. The molecule has 1 atom stereocenters. The van der Waals surface area contributed by atoms with Gasteiger partial charge in [0.1, 0.15) is 0 Å². The van der Waals surface area contributed by atoms with E-state index in [4.69, 9.17) is 5.73 Å². The molecule has 82 valence electrons. The van der Waals surface area contributed by atoms with Crippen LogP contribution >= 0.6 is 0 Å². The van der Waals surface area contributed by atoms with Crippen molar-refractivity contribution in [3.05, 3.63) is 35.4 Å². The number of hydrogen-bond donors (Lipinski definition) is 1. The highest BCUT2D eigenvalue weighted by Gasteiger charge is 2.47. The Bertz CT molecular complexity index is 353. The number of nitrogens with zero attached hydrogens (tertiary/aromatic N) is 1. The number of benzene rings is 1. The molecule has 2 nitrogen and oxygen atoms in total. The summed E-state index contributed by atoms with van der Waals surface area (Å²) in [6.07, 6.45) is 2.29. The predicted octanol–water partition coefficient (Wildman–Crippen LogP) is 2.09. The maximum absolute atomic E-state index is 6.35. The van der Waals surface area contributed by atoms with Gasteiger partial charge >= 0.3 is 0 Å². The topological polar surface area (TPSA) is 29.3 Å². The third kappa shape index (κ3) is 1.92. The van der Waals surface area contributed by atoms with E-state index in [-0.39, 0.29) is 5.54 Å². The Hall–Kier alpha value is -0.860. The third-order valence-corrected chi connectivity index (χ3v) is 3.37. The van der Waals surface area contributed by atoms with Crippen LogP contribution in [-0.4, -0.2) is 24.5 Å². The molecule has 1 aliphatic rings. The second-order valence-corrected chi connectivity index (χ2v) is 4.96. The van der Waals surface area contributed by atoms with E-state index >= 15 is 0 Å². The second kappa shape index (κ2) is 3.62. The van der Waals surface area contributed by atoms with E-state index < -0.39 is 0 Å². The molecule has 0 saturated heterocycles. The normalized spacial score (nSPS) is 20.3. The van der Waals surface area contributed by atoms with E-state index in [1.807, 2.05) is 0 Å². The Morgan fingerprint density at radius 1 is 1.27 bits per heavy atom. The van der Waals surface area contributed by atoms with Gasteiger partial charge in [-0.15, -0.1) is 0 Å². The molecule has 0 radical (unpaired) electrons. The second-order valence-electron chi connectivity index (χ2n) is 4.96. The molecule has 0 amide bonds. The highest BCUT2D eigenvalue weighted by atomic mass is 15.1. The molecule has 15 heavy (non-hydrogen) atoms. The molecule has 1 aliphatic carbocycles. The lowest BCUT2D eigenvalue weighted by Crippen LogP contribution is -2.39. The summed E-state index contributed by atoms with van der Waals surface area (Å²) < 4.78 is 0. The van der Waals surface area contributed by atoms with Crippen LogP contribution < -0.4 is 5.73 Å². The Morgan fingerprint density at radius 3 is 2.33 bits per heavy atom. The molecule has 1 saturated carbocycles. The molecule has 2 heteroatoms. The van der Waals surface area contributed by atoms with Gasteiger partial charge in [0.05, 0.1) is 6.04 Å². The van der Waals surface area contributed by atoms with Crippen LogP contribution in [0.2, 0.25) is 0 Å². The Kier molecular flexibility index (Phi) is 2.57. The first-order valence-corrected chi connectivity index (χ1v) is 5.55. The van der Waals surface area contributed by atoms with Gasteiger partial charge in [0.2, 0.25) is 0 Å². The minimum atomic E-state index is 0.00954. The van der Waals surface area contributed by atoms with Crippen LogP contribution in [0.3, 0.4) is 0 Å². The minimum absolute atomic E-state index is 0.00954. The molecule has 1 aromatic rings. The van der Waals surface area contributed by atoms with E-state index in [9.17, 15) is 0 Å². The fourth-order valence-electron chi connectivity index (χ4n) is 2.41. The largest absolute Gasteiger partial charge is 0.323 e. The van der Waals surface area contributed by atoms with Crippen molar-refractivity contribution in [3.63, 3.8) is 0 Å². The van der Waals surface area contributed by atoms with Gasteiger partial charge in [-0.05, 0) is 45.0 Å². The van der Waals surface area contributed by atoms with Gasteiger partial charge < -0.3 is 10.6 Å². The summed E-state index contributed by atoms with van der Waals surface area (Å²) in [5.74, 6) is 0. The Labute approximate surface area is 92.1 Å². The molecule has 0 aromatic heterocycles. The zero-order valence-electron chi connectivity index (χ0n) is 9.83. The fraction of sp³-hybridized carbons (Fsp3) is 0.538. The van der Waals surface area contributed by atoms with E-state index in [1.54, 1.807) is 0 Å². The summed E-state index contributed by atoms with van der Waals surface area (Å²) in [6.45, 7) is 2.16. The maximum Gasteiger partial charge on any atom is 0.0525 e. The first-order valence-electron chi connectivity index (χ1n) is 5.55. The summed E-state index contributed by atoms with van der Waals surface area (Å²) in [5, 5.41) is 0. The van der Waals surface area contributed by atoms with Gasteiger partial charge in [-0.25, -0.2) is 0 Å². The van der Waals surface area contributed by atoms with Gasteiger partial charge in [-0.1, -0.05) is 24.3 Å². The Morgan fingerprint density at radius 2 is 1.87 bits per heavy atom. The molecule has 2 N–H and O–H groups in total. The van der Waals surface area contributed by atoms with Crippen molar-refractivity contribution in [1.82, 2.24) is 4.90 Å². The average Bonchev–Trinajstić information content (AvgIpc) is 2.88. The third-order valence-electron chi connectivity index (χ3n) is 3.37. The highest BCUT2D eigenvalue weighted by molar-refractivity contribution is 5.33. The molecular weight excluding hydrogens is 184 g/mol. The lowest BCUT2D eigenvalue weighted by Gasteiger charge is -2.31. The standard InChI is InChI=1S/C13H20N2/c1-10-6-4-5-7-11(10)12(15(2)3)13(14)8-9-13/h4-7,12H,8-9,14H2,1-3H3. The first-order chi connectivity index (χ1) is 7.04. The molecule has 1 aromatic carbocycles. The molecular formula is C13H20N2. The maximum atomic E-state index is 6.35. The molecule has 2 rings (SSSR count). The quantitative estimate of drug-likeness (QED) is 0.817. The fourth-order valence-corrected chi connectivity index (χ4v) is 2.41. The van der Waals surface area contributed by atoms with Crippen LogP contribution in [0, 0.1) is 6.92 Å². The summed E-state index contributed by atoms with van der Waals surface area (Å²) >= 11 is 0. The van der Waals surface area contributed by atoms with Crippen molar-refractivity contribution in [3.8, 4) is 0 Å². The number of rotatable bonds is 3. The summed E-state index contributed by atoms with van der Waals surface area (Å²) in [7, 11) is 4.23. The van der Waals surface area contributed by atoms with Crippen LogP contribution in [0.1, 0.15) is 30.0 Å². The van der Waals surface area contributed by atoms with Crippen LogP contribution in [-0.2, 0) is 0 Å². The van der Waals surface area contributed by atoms with Crippen molar-refractivity contribution in [2.45, 2.75) is 31.3 Å². The number of hydrogen-bond acceptors (Lipinski definition) is 2. The van der Waals surface area contributed by atoms with Crippen LogP contribution in [0.25, 0.3) is 0 Å². The smallest absolute Gasteiger partial charge is 0.0525 e. The summed E-state index contributed by atoms with van der Waals surface area (Å²) in [4.78, 5) is 2.25. The number of likely N-dealkylation sites (N-methyl/N-ethyl adjacent to an activating group) is 1. The van der Waals surface area contributed by atoms with Gasteiger partial charge in [0, 0.05) is 5.54 Å². The lowest BCUT2D eigenvalue weighted by atomic mass is 9.93. The number of aryl methyl sites for hydroxylation is 1. The zero-order chi connectivity index (χ0) is 11.1. The van der Waals surface area contributed by atoms with Crippen molar-refractivity contribution in [2.75, 3.05) is 14.1 Å². The molecule has 0 spiro atoms. The van der Waals surface area contributed by atoms with E-state index in [0.717, 1.165) is 12.8 Å². The van der Waals surface area contributed by atoms with Crippen molar-refractivity contribution >= 4 is 0 Å². The molecule has 0 aliphatic heterocycles. The predicted molar refractivity (Wildman–Crippen MR) is 63.8 cm³/mol.